The maximum atomic E-state index is 13.4. The molecule has 10 heteroatoms. The molecule has 0 unspecified atom stereocenters. The fourth-order valence-corrected chi connectivity index (χ4v) is 4.30. The van der Waals surface area contributed by atoms with Gasteiger partial charge in [-0.2, -0.15) is 0 Å². The van der Waals surface area contributed by atoms with Crippen LogP contribution < -0.4 is 9.62 Å². The highest BCUT2D eigenvalue weighted by Crippen LogP contribution is 2.23. The van der Waals surface area contributed by atoms with Crippen LogP contribution in [0.1, 0.15) is 26.3 Å². The number of halogens is 2. The summed E-state index contributed by atoms with van der Waals surface area (Å²) in [6, 6.07) is 12.2. The van der Waals surface area contributed by atoms with Crippen molar-refractivity contribution >= 4 is 50.7 Å². The molecule has 0 fully saturated rings. The Kier molecular flexibility index (Phi) is 8.95. The van der Waals surface area contributed by atoms with Crippen LogP contribution in [0.15, 0.2) is 48.5 Å². The van der Waals surface area contributed by atoms with Gasteiger partial charge in [-0.1, -0.05) is 41.4 Å². The average Bonchev–Trinajstić information content (AvgIpc) is 2.68. The van der Waals surface area contributed by atoms with Gasteiger partial charge in [0.15, 0.2) is 0 Å². The number of hydrogen-bond acceptors (Lipinski definition) is 4. The molecule has 0 heterocycles. The summed E-state index contributed by atoms with van der Waals surface area (Å²) in [5, 5.41) is 3.62. The van der Waals surface area contributed by atoms with Gasteiger partial charge in [0.1, 0.15) is 12.6 Å². The Labute approximate surface area is 199 Å². The lowest BCUT2D eigenvalue weighted by atomic mass is 10.1. The Balaban J connectivity index is 2.39. The topological polar surface area (TPSA) is 86.8 Å². The summed E-state index contributed by atoms with van der Waals surface area (Å²) in [6.45, 7) is 4.83. The van der Waals surface area contributed by atoms with Crippen molar-refractivity contribution in [1.82, 2.24) is 10.2 Å². The SMILES string of the molecule is CC(C)NC(=O)[C@H](C)N(Cc1cccc(Cl)c1)C(=O)CN(c1cccc(Cl)c1)S(C)(=O)=O. The van der Waals surface area contributed by atoms with Crippen LogP contribution in [0.25, 0.3) is 0 Å². The normalized spacial score (nSPS) is 12.3. The minimum Gasteiger partial charge on any atom is -0.352 e. The zero-order valence-corrected chi connectivity index (χ0v) is 20.7. The van der Waals surface area contributed by atoms with Crippen LogP contribution in [0, 0.1) is 0 Å². The van der Waals surface area contributed by atoms with Gasteiger partial charge in [0, 0.05) is 22.6 Å². The van der Waals surface area contributed by atoms with Crippen molar-refractivity contribution in [2.24, 2.45) is 0 Å². The molecule has 0 saturated heterocycles. The van der Waals surface area contributed by atoms with Crippen LogP contribution >= 0.6 is 23.2 Å². The fraction of sp³-hybridized carbons (Fsp3) is 0.364. The second-order valence-corrected chi connectivity index (χ2v) is 10.5. The number of rotatable bonds is 9. The Hall–Kier alpha value is -2.29. The van der Waals surface area contributed by atoms with Crippen LogP contribution in [0.5, 0.6) is 0 Å². The lowest BCUT2D eigenvalue weighted by Gasteiger charge is -2.32. The molecule has 2 rings (SSSR count). The van der Waals surface area contributed by atoms with Crippen molar-refractivity contribution in [2.45, 2.75) is 39.4 Å². The van der Waals surface area contributed by atoms with Crippen molar-refractivity contribution in [2.75, 3.05) is 17.1 Å². The standard InChI is InChI=1S/C22H27Cl2N3O4S/c1-15(2)25-22(29)16(3)26(13-17-7-5-8-18(23)11-17)21(28)14-27(32(4,30)31)20-10-6-9-19(24)12-20/h5-12,15-16H,13-14H2,1-4H3,(H,25,29)/t16-/m0/s1. The van der Waals surface area contributed by atoms with Crippen molar-refractivity contribution in [1.29, 1.82) is 0 Å². The first-order valence-corrected chi connectivity index (χ1v) is 12.6. The molecule has 2 aromatic rings. The van der Waals surface area contributed by atoms with Gasteiger partial charge in [-0.3, -0.25) is 13.9 Å². The van der Waals surface area contributed by atoms with E-state index in [-0.39, 0.29) is 24.2 Å². The van der Waals surface area contributed by atoms with E-state index >= 15 is 0 Å². The maximum Gasteiger partial charge on any atom is 0.244 e. The molecular formula is C22H27Cl2N3O4S. The molecule has 0 aliphatic rings. The third kappa shape index (κ3) is 7.39. The first kappa shape index (κ1) is 26.0. The quantitative estimate of drug-likeness (QED) is 0.569. The maximum absolute atomic E-state index is 13.4. The van der Waals surface area contributed by atoms with Crippen molar-refractivity contribution in [3.8, 4) is 0 Å². The third-order valence-corrected chi connectivity index (χ3v) is 6.23. The van der Waals surface area contributed by atoms with E-state index in [9.17, 15) is 18.0 Å². The summed E-state index contributed by atoms with van der Waals surface area (Å²) < 4.78 is 25.9. The molecule has 0 spiro atoms. The number of anilines is 1. The van der Waals surface area contributed by atoms with Crippen LogP contribution in [-0.4, -0.2) is 50.0 Å². The van der Waals surface area contributed by atoms with Crippen molar-refractivity contribution < 1.29 is 18.0 Å². The number of hydrogen-bond donors (Lipinski definition) is 1. The number of benzene rings is 2. The molecule has 0 aliphatic heterocycles. The van der Waals surface area contributed by atoms with E-state index in [1.807, 2.05) is 13.8 Å². The fourth-order valence-electron chi connectivity index (χ4n) is 3.06. The Morgan fingerprint density at radius 2 is 1.59 bits per heavy atom. The van der Waals surface area contributed by atoms with E-state index in [4.69, 9.17) is 23.2 Å². The molecule has 2 amide bonds. The Morgan fingerprint density at radius 1 is 1.00 bits per heavy atom. The van der Waals surface area contributed by atoms with Gasteiger partial charge in [-0.25, -0.2) is 8.42 Å². The minimum atomic E-state index is -3.80. The minimum absolute atomic E-state index is 0.0826. The zero-order valence-electron chi connectivity index (χ0n) is 18.4. The first-order valence-electron chi connectivity index (χ1n) is 9.96. The summed E-state index contributed by atoms with van der Waals surface area (Å²) in [7, 11) is -3.80. The smallest absolute Gasteiger partial charge is 0.244 e. The number of nitrogens with one attached hydrogen (secondary N) is 1. The lowest BCUT2D eigenvalue weighted by molar-refractivity contribution is -0.139. The summed E-state index contributed by atoms with van der Waals surface area (Å²) in [6.07, 6.45) is 1.01. The molecule has 7 nitrogen and oxygen atoms in total. The van der Waals surface area contributed by atoms with Crippen LogP contribution in [0.4, 0.5) is 5.69 Å². The van der Waals surface area contributed by atoms with Gasteiger partial charge < -0.3 is 10.2 Å². The van der Waals surface area contributed by atoms with Crippen LogP contribution in [0.2, 0.25) is 10.0 Å². The summed E-state index contributed by atoms with van der Waals surface area (Å²) in [5.41, 5.74) is 0.971. The van der Waals surface area contributed by atoms with Crippen molar-refractivity contribution in [3.63, 3.8) is 0 Å². The number of nitrogens with zero attached hydrogens (tertiary/aromatic N) is 2. The Bertz CT molecular complexity index is 1080. The van der Waals surface area contributed by atoms with E-state index in [1.54, 1.807) is 49.4 Å². The third-order valence-electron chi connectivity index (χ3n) is 4.62. The van der Waals surface area contributed by atoms with Gasteiger partial charge in [-0.15, -0.1) is 0 Å². The van der Waals surface area contributed by atoms with E-state index in [1.165, 1.54) is 11.0 Å². The van der Waals surface area contributed by atoms with E-state index < -0.39 is 28.5 Å². The lowest BCUT2D eigenvalue weighted by Crippen LogP contribution is -2.52. The predicted molar refractivity (Wildman–Crippen MR) is 128 cm³/mol. The number of sulfonamides is 1. The van der Waals surface area contributed by atoms with Crippen LogP contribution in [0.3, 0.4) is 0 Å². The van der Waals surface area contributed by atoms with Gasteiger partial charge in [-0.05, 0) is 56.7 Å². The highest BCUT2D eigenvalue weighted by Gasteiger charge is 2.30. The Morgan fingerprint density at radius 3 is 2.12 bits per heavy atom. The van der Waals surface area contributed by atoms with Gasteiger partial charge in [0.25, 0.3) is 0 Å². The molecule has 0 bridgehead atoms. The van der Waals surface area contributed by atoms with Gasteiger partial charge >= 0.3 is 0 Å². The molecule has 0 saturated carbocycles. The zero-order chi connectivity index (χ0) is 24.1. The largest absolute Gasteiger partial charge is 0.352 e. The monoisotopic (exact) mass is 499 g/mol. The first-order chi connectivity index (χ1) is 14.9. The molecular weight excluding hydrogens is 473 g/mol. The molecule has 2 aromatic carbocycles. The van der Waals surface area contributed by atoms with Crippen molar-refractivity contribution in [3.05, 3.63) is 64.1 Å². The summed E-state index contributed by atoms with van der Waals surface area (Å²) in [5.74, 6) is -0.883. The van der Waals surface area contributed by atoms with E-state index in [0.29, 0.717) is 15.6 Å². The molecule has 32 heavy (non-hydrogen) atoms. The second kappa shape index (κ2) is 11.0. The average molecular weight is 500 g/mol. The molecule has 1 N–H and O–H groups in total. The van der Waals surface area contributed by atoms with Gasteiger partial charge in [0.05, 0.1) is 11.9 Å². The highest BCUT2D eigenvalue weighted by atomic mass is 35.5. The molecule has 0 radical (unpaired) electrons. The molecule has 1 atom stereocenters. The van der Waals surface area contributed by atoms with E-state index in [0.717, 1.165) is 10.6 Å². The number of carbonyl (C=O) groups excluding carboxylic acids is 2. The van der Waals surface area contributed by atoms with Crippen LogP contribution in [-0.2, 0) is 26.2 Å². The summed E-state index contributed by atoms with van der Waals surface area (Å²) in [4.78, 5) is 27.4. The second-order valence-electron chi connectivity index (χ2n) is 7.74. The van der Waals surface area contributed by atoms with E-state index in [2.05, 4.69) is 5.32 Å². The molecule has 0 aliphatic carbocycles. The van der Waals surface area contributed by atoms with Gasteiger partial charge in [0.2, 0.25) is 21.8 Å². The summed E-state index contributed by atoms with van der Waals surface area (Å²) >= 11 is 12.1. The predicted octanol–water partition coefficient (Wildman–Crippen LogP) is 3.70. The number of amides is 2. The molecule has 174 valence electrons. The number of carbonyl (C=O) groups is 2. The molecule has 0 aromatic heterocycles. The highest BCUT2D eigenvalue weighted by molar-refractivity contribution is 7.92.